The van der Waals surface area contributed by atoms with E-state index in [0.29, 0.717) is 12.1 Å². The Labute approximate surface area is 155 Å². The molecule has 140 valence electrons. The minimum atomic E-state index is -0.842. The zero-order valence-corrected chi connectivity index (χ0v) is 14.9. The average molecular weight is 369 g/mol. The Balaban J connectivity index is 1.70. The number of ether oxygens (including phenoxy) is 1. The molecule has 2 N–H and O–H groups in total. The molecule has 0 atom stereocenters. The summed E-state index contributed by atoms with van der Waals surface area (Å²) in [6.07, 6.45) is 1.59. The Morgan fingerprint density at radius 3 is 2.56 bits per heavy atom. The van der Waals surface area contributed by atoms with Gasteiger partial charge in [-0.3, -0.25) is 4.79 Å². The fourth-order valence-corrected chi connectivity index (χ4v) is 2.86. The highest BCUT2D eigenvalue weighted by Crippen LogP contribution is 2.23. The molecule has 7 heteroatoms. The molecule has 2 aromatic heterocycles. The van der Waals surface area contributed by atoms with E-state index in [2.05, 4.69) is 0 Å². The summed E-state index contributed by atoms with van der Waals surface area (Å²) in [6.45, 7) is 3.74. The van der Waals surface area contributed by atoms with E-state index in [9.17, 15) is 19.8 Å². The molecular formula is C20H19NO6. The molecule has 0 saturated carbocycles. The average Bonchev–Trinajstić information content (AvgIpc) is 3.23. The third-order valence-corrected chi connectivity index (χ3v) is 4.30. The summed E-state index contributed by atoms with van der Waals surface area (Å²) in [6, 6.07) is 8.90. The van der Waals surface area contributed by atoms with Gasteiger partial charge >= 0.3 is 5.97 Å². The van der Waals surface area contributed by atoms with Crippen LogP contribution < -0.4 is 0 Å². The maximum absolute atomic E-state index is 12.5. The van der Waals surface area contributed by atoms with Gasteiger partial charge in [-0.1, -0.05) is 0 Å². The lowest BCUT2D eigenvalue weighted by Gasteiger charge is -2.08. The summed E-state index contributed by atoms with van der Waals surface area (Å²) in [5, 5.41) is 19.0. The van der Waals surface area contributed by atoms with E-state index in [1.807, 2.05) is 24.5 Å². The van der Waals surface area contributed by atoms with Gasteiger partial charge in [0.1, 0.15) is 22.8 Å². The van der Waals surface area contributed by atoms with Crippen molar-refractivity contribution in [3.8, 4) is 11.5 Å². The minimum absolute atomic E-state index is 0.121. The molecule has 3 rings (SSSR count). The predicted molar refractivity (Wildman–Crippen MR) is 96.1 cm³/mol. The molecule has 0 amide bonds. The maximum Gasteiger partial charge on any atom is 0.342 e. The van der Waals surface area contributed by atoms with E-state index >= 15 is 0 Å². The van der Waals surface area contributed by atoms with Crippen molar-refractivity contribution in [3.63, 3.8) is 0 Å². The number of esters is 1. The number of carbonyl (C=O) groups is 2. The van der Waals surface area contributed by atoms with Gasteiger partial charge in [-0.15, -0.1) is 0 Å². The number of nitrogens with zero attached hydrogens (tertiary/aromatic N) is 1. The first-order valence-electron chi connectivity index (χ1n) is 8.28. The van der Waals surface area contributed by atoms with Gasteiger partial charge in [-0.25, -0.2) is 4.79 Å². The number of hydrogen-bond donors (Lipinski definition) is 2. The number of aryl methyl sites for hydroxylation is 1. The van der Waals surface area contributed by atoms with E-state index in [1.54, 1.807) is 18.4 Å². The molecule has 0 aliphatic carbocycles. The molecule has 0 bridgehead atoms. The standard InChI is InChI=1S/C20H19NO6/c1-12-8-17(13(2)21(12)10-15-4-3-7-26-15)19(24)11-27-20(25)16-6-5-14(22)9-18(16)23/h3-9,22-23H,10-11H2,1-2H3. The van der Waals surface area contributed by atoms with Gasteiger partial charge in [0.2, 0.25) is 5.78 Å². The topological polar surface area (TPSA) is 102 Å². The van der Waals surface area contributed by atoms with Crippen molar-refractivity contribution in [2.24, 2.45) is 0 Å². The summed E-state index contributed by atoms with van der Waals surface area (Å²) < 4.78 is 12.3. The molecule has 0 unspecified atom stereocenters. The van der Waals surface area contributed by atoms with Crippen LogP contribution in [-0.2, 0) is 11.3 Å². The fourth-order valence-electron chi connectivity index (χ4n) is 2.86. The van der Waals surface area contributed by atoms with Crippen molar-refractivity contribution in [2.75, 3.05) is 6.61 Å². The number of aromatic nitrogens is 1. The van der Waals surface area contributed by atoms with Crippen LogP contribution in [0.5, 0.6) is 11.5 Å². The second-order valence-corrected chi connectivity index (χ2v) is 6.15. The molecule has 0 saturated heterocycles. The Morgan fingerprint density at radius 1 is 1.11 bits per heavy atom. The molecule has 0 aliphatic rings. The van der Waals surface area contributed by atoms with Gasteiger partial charge in [-0.05, 0) is 44.2 Å². The second kappa shape index (κ2) is 7.41. The predicted octanol–water partition coefficient (Wildman–Crippen LogP) is 3.20. The molecule has 7 nitrogen and oxygen atoms in total. The highest BCUT2D eigenvalue weighted by atomic mass is 16.5. The minimum Gasteiger partial charge on any atom is -0.508 e. The summed E-state index contributed by atoms with van der Waals surface area (Å²) in [4.78, 5) is 24.5. The van der Waals surface area contributed by atoms with Crippen LogP contribution in [0.2, 0.25) is 0 Å². The highest BCUT2D eigenvalue weighted by molar-refractivity contribution is 6.01. The van der Waals surface area contributed by atoms with Gasteiger partial charge in [-0.2, -0.15) is 0 Å². The summed E-state index contributed by atoms with van der Waals surface area (Å²) in [5.74, 6) is -1.01. The molecule has 27 heavy (non-hydrogen) atoms. The zero-order chi connectivity index (χ0) is 19.6. The maximum atomic E-state index is 12.5. The number of benzene rings is 1. The molecule has 2 heterocycles. The number of aromatic hydroxyl groups is 2. The Bertz CT molecular complexity index is 984. The van der Waals surface area contributed by atoms with E-state index in [1.165, 1.54) is 12.1 Å². The van der Waals surface area contributed by atoms with Crippen LogP contribution in [-0.4, -0.2) is 33.1 Å². The lowest BCUT2D eigenvalue weighted by Crippen LogP contribution is -2.15. The Kier molecular flexibility index (Phi) is 5.03. The monoisotopic (exact) mass is 369 g/mol. The van der Waals surface area contributed by atoms with Crippen LogP contribution in [0.4, 0.5) is 0 Å². The van der Waals surface area contributed by atoms with Gasteiger partial charge in [0.25, 0.3) is 0 Å². The summed E-state index contributed by atoms with van der Waals surface area (Å²) in [5.41, 5.74) is 1.97. The first-order chi connectivity index (χ1) is 12.9. The van der Waals surface area contributed by atoms with Gasteiger partial charge in [0.15, 0.2) is 6.61 Å². The smallest absolute Gasteiger partial charge is 0.342 e. The van der Waals surface area contributed by atoms with Crippen LogP contribution in [0, 0.1) is 13.8 Å². The van der Waals surface area contributed by atoms with Crippen molar-refractivity contribution in [1.29, 1.82) is 0 Å². The van der Waals surface area contributed by atoms with E-state index in [4.69, 9.17) is 9.15 Å². The summed E-state index contributed by atoms with van der Waals surface area (Å²) in [7, 11) is 0. The number of furan rings is 1. The van der Waals surface area contributed by atoms with E-state index in [0.717, 1.165) is 23.2 Å². The molecule has 1 aromatic carbocycles. The third-order valence-electron chi connectivity index (χ3n) is 4.30. The van der Waals surface area contributed by atoms with Crippen LogP contribution in [0.25, 0.3) is 0 Å². The number of ketones is 1. The molecular weight excluding hydrogens is 350 g/mol. The molecule has 0 spiro atoms. The molecule has 0 fully saturated rings. The van der Waals surface area contributed by atoms with Crippen molar-refractivity contribution in [1.82, 2.24) is 4.57 Å². The third kappa shape index (κ3) is 3.87. The normalized spacial score (nSPS) is 10.7. The van der Waals surface area contributed by atoms with Crippen molar-refractivity contribution < 1.29 is 29.0 Å². The van der Waals surface area contributed by atoms with E-state index < -0.39 is 18.3 Å². The van der Waals surface area contributed by atoms with Crippen molar-refractivity contribution >= 4 is 11.8 Å². The first kappa shape index (κ1) is 18.3. The number of carbonyl (C=O) groups excluding carboxylic acids is 2. The SMILES string of the molecule is Cc1cc(C(=O)COC(=O)c2ccc(O)cc2O)c(C)n1Cc1ccco1. The number of hydrogen-bond acceptors (Lipinski definition) is 6. The van der Waals surface area contributed by atoms with Crippen LogP contribution >= 0.6 is 0 Å². The number of phenols is 2. The van der Waals surface area contributed by atoms with Crippen LogP contribution in [0.3, 0.4) is 0 Å². The number of phenolic OH excluding ortho intramolecular Hbond substituents is 2. The van der Waals surface area contributed by atoms with Crippen molar-refractivity contribution in [2.45, 2.75) is 20.4 Å². The van der Waals surface area contributed by atoms with Gasteiger partial charge < -0.3 is 23.9 Å². The number of Topliss-reactive ketones (excluding diaryl/α,β-unsaturated/α-hetero) is 1. The highest BCUT2D eigenvalue weighted by Gasteiger charge is 2.19. The Hall–Kier alpha value is -3.48. The van der Waals surface area contributed by atoms with Crippen LogP contribution in [0.1, 0.15) is 37.9 Å². The first-order valence-corrected chi connectivity index (χ1v) is 8.28. The Morgan fingerprint density at radius 2 is 1.89 bits per heavy atom. The summed E-state index contributed by atoms with van der Waals surface area (Å²) >= 11 is 0. The molecule has 0 radical (unpaired) electrons. The fraction of sp³-hybridized carbons (Fsp3) is 0.200. The van der Waals surface area contributed by atoms with Gasteiger partial charge in [0, 0.05) is 23.0 Å². The zero-order valence-electron chi connectivity index (χ0n) is 14.9. The number of rotatable bonds is 6. The second-order valence-electron chi connectivity index (χ2n) is 6.15. The van der Waals surface area contributed by atoms with Crippen molar-refractivity contribution in [3.05, 3.63) is 70.9 Å². The quantitative estimate of drug-likeness (QED) is 0.511. The largest absolute Gasteiger partial charge is 0.508 e. The van der Waals surface area contributed by atoms with Gasteiger partial charge in [0.05, 0.1) is 12.8 Å². The lowest BCUT2D eigenvalue weighted by atomic mass is 10.1. The van der Waals surface area contributed by atoms with E-state index in [-0.39, 0.29) is 17.1 Å². The molecule has 0 aliphatic heterocycles. The molecule has 3 aromatic rings. The van der Waals surface area contributed by atoms with Crippen LogP contribution in [0.15, 0.2) is 47.1 Å². The lowest BCUT2D eigenvalue weighted by molar-refractivity contribution is 0.0471.